The van der Waals surface area contributed by atoms with Gasteiger partial charge in [-0.15, -0.1) is 0 Å². The van der Waals surface area contributed by atoms with E-state index in [0.717, 1.165) is 10.3 Å². The maximum Gasteiger partial charge on any atom is 0.118 e. The standard InChI is InChI=1S/C17H10N3O2/c1-22-15-4-2-11(3-5-15)16-7-12-6-13(9-18)14(10-19)8-17(12)20(16)21/h2-8H,1H3/q-1. The van der Waals surface area contributed by atoms with E-state index in [0.29, 0.717) is 22.3 Å². The molecule has 0 bridgehead atoms. The number of hydrogen-bond donors (Lipinski definition) is 0. The van der Waals surface area contributed by atoms with Crippen molar-refractivity contribution in [2.24, 2.45) is 0 Å². The Morgan fingerprint density at radius 2 is 1.64 bits per heavy atom. The van der Waals surface area contributed by atoms with Crippen LogP contribution in [0.4, 0.5) is 0 Å². The van der Waals surface area contributed by atoms with Gasteiger partial charge in [0.15, 0.2) is 0 Å². The molecule has 0 saturated carbocycles. The summed E-state index contributed by atoms with van der Waals surface area (Å²) in [7, 11) is 1.58. The van der Waals surface area contributed by atoms with Gasteiger partial charge in [0.1, 0.15) is 17.9 Å². The van der Waals surface area contributed by atoms with Crippen LogP contribution in [0, 0.1) is 27.9 Å². The highest BCUT2D eigenvalue weighted by molar-refractivity contribution is 5.89. The minimum absolute atomic E-state index is 0.200. The molecule has 5 nitrogen and oxygen atoms in total. The van der Waals surface area contributed by atoms with Gasteiger partial charge < -0.3 is 14.7 Å². The molecule has 0 amide bonds. The third-order valence-electron chi connectivity index (χ3n) is 3.52. The molecule has 2 aromatic carbocycles. The number of aromatic nitrogens is 1. The minimum atomic E-state index is 0.200. The molecule has 0 saturated heterocycles. The molecular weight excluding hydrogens is 278 g/mol. The predicted octanol–water partition coefficient (Wildman–Crippen LogP) is 3.41. The zero-order valence-electron chi connectivity index (χ0n) is 11.7. The van der Waals surface area contributed by atoms with Gasteiger partial charge in [-0.1, -0.05) is 0 Å². The second-order valence-corrected chi connectivity index (χ2v) is 4.73. The maximum atomic E-state index is 12.4. The number of nitrogens with zero attached hydrogens (tertiary/aromatic N) is 3. The van der Waals surface area contributed by atoms with Crippen molar-refractivity contribution < 1.29 is 4.74 Å². The van der Waals surface area contributed by atoms with Crippen molar-refractivity contribution in [3.63, 3.8) is 0 Å². The molecule has 1 heterocycles. The Bertz CT molecular complexity index is 941. The summed E-state index contributed by atoms with van der Waals surface area (Å²) in [5.74, 6) is 0.704. The lowest BCUT2D eigenvalue weighted by Gasteiger charge is -2.14. The Morgan fingerprint density at radius 1 is 1.00 bits per heavy atom. The predicted molar refractivity (Wildman–Crippen MR) is 82.1 cm³/mol. The van der Waals surface area contributed by atoms with Crippen molar-refractivity contribution in [1.82, 2.24) is 4.73 Å². The normalized spacial score (nSPS) is 10.1. The zero-order chi connectivity index (χ0) is 15.7. The van der Waals surface area contributed by atoms with E-state index in [-0.39, 0.29) is 11.1 Å². The lowest BCUT2D eigenvalue weighted by Crippen LogP contribution is -1.91. The van der Waals surface area contributed by atoms with E-state index >= 15 is 0 Å². The van der Waals surface area contributed by atoms with Crippen LogP contribution in [0.1, 0.15) is 11.1 Å². The smallest absolute Gasteiger partial charge is 0.118 e. The first-order valence-electron chi connectivity index (χ1n) is 6.49. The van der Waals surface area contributed by atoms with Crippen LogP contribution >= 0.6 is 0 Å². The number of rotatable bonds is 2. The molecular formula is C17H10N3O2-. The summed E-state index contributed by atoms with van der Waals surface area (Å²) in [6, 6.07) is 15.8. The van der Waals surface area contributed by atoms with Crippen LogP contribution in [0.2, 0.25) is 0 Å². The van der Waals surface area contributed by atoms with E-state index < -0.39 is 0 Å². The number of ether oxygens (including phenoxy) is 1. The third-order valence-corrected chi connectivity index (χ3v) is 3.52. The first-order chi connectivity index (χ1) is 10.7. The number of hydrogen-bond acceptors (Lipinski definition) is 4. The summed E-state index contributed by atoms with van der Waals surface area (Å²) in [5.41, 5.74) is 2.05. The molecule has 0 atom stereocenters. The van der Waals surface area contributed by atoms with Crippen LogP contribution in [0.5, 0.6) is 5.75 Å². The number of nitriles is 2. The molecule has 0 fully saturated rings. The Morgan fingerprint density at radius 3 is 2.23 bits per heavy atom. The van der Waals surface area contributed by atoms with Crippen molar-refractivity contribution in [2.75, 3.05) is 7.11 Å². The monoisotopic (exact) mass is 288 g/mol. The largest absolute Gasteiger partial charge is 0.805 e. The molecule has 3 aromatic rings. The van der Waals surface area contributed by atoms with E-state index in [1.807, 2.05) is 12.1 Å². The van der Waals surface area contributed by atoms with Gasteiger partial charge in [-0.05, 0) is 48.0 Å². The van der Waals surface area contributed by atoms with Crippen LogP contribution in [0.25, 0.3) is 22.2 Å². The summed E-state index contributed by atoms with van der Waals surface area (Å²) in [4.78, 5) is 0. The van der Waals surface area contributed by atoms with Gasteiger partial charge in [0.05, 0.1) is 18.2 Å². The second-order valence-electron chi connectivity index (χ2n) is 4.73. The van der Waals surface area contributed by atoms with Gasteiger partial charge in [0.2, 0.25) is 0 Å². The topological polar surface area (TPSA) is 84.8 Å². The number of methoxy groups -OCH3 is 1. The molecule has 0 spiro atoms. The van der Waals surface area contributed by atoms with Crippen LogP contribution < -0.4 is 4.74 Å². The van der Waals surface area contributed by atoms with Crippen LogP contribution in [-0.2, 0) is 0 Å². The van der Waals surface area contributed by atoms with Gasteiger partial charge in [-0.2, -0.15) is 10.5 Å². The fraction of sp³-hybridized carbons (Fsp3) is 0.0588. The molecule has 1 aromatic heterocycles. The Hall–Kier alpha value is -3.44. The maximum absolute atomic E-state index is 12.4. The summed E-state index contributed by atoms with van der Waals surface area (Å²) in [6.45, 7) is 0. The molecule has 0 aliphatic carbocycles. The van der Waals surface area contributed by atoms with E-state index in [9.17, 15) is 5.21 Å². The third kappa shape index (κ3) is 2.02. The van der Waals surface area contributed by atoms with E-state index in [1.54, 1.807) is 43.5 Å². The lowest BCUT2D eigenvalue weighted by atomic mass is 10.1. The van der Waals surface area contributed by atoms with E-state index in [1.165, 1.54) is 6.07 Å². The number of fused-ring (bicyclic) bond motifs is 1. The summed E-state index contributed by atoms with van der Waals surface area (Å²) in [5, 5.41) is 31.2. The van der Waals surface area contributed by atoms with Crippen LogP contribution in [0.3, 0.4) is 0 Å². The molecule has 0 aliphatic heterocycles. The van der Waals surface area contributed by atoms with Crippen LogP contribution in [0.15, 0.2) is 42.5 Å². The van der Waals surface area contributed by atoms with Gasteiger partial charge in [-0.3, -0.25) is 0 Å². The molecule has 0 radical (unpaired) electrons. The highest BCUT2D eigenvalue weighted by Gasteiger charge is 2.10. The molecule has 0 aliphatic rings. The molecule has 5 heteroatoms. The average Bonchev–Trinajstić information content (AvgIpc) is 2.89. The first kappa shape index (κ1) is 13.5. The highest BCUT2D eigenvalue weighted by Crippen LogP contribution is 2.30. The molecule has 22 heavy (non-hydrogen) atoms. The average molecular weight is 288 g/mol. The summed E-state index contributed by atoms with van der Waals surface area (Å²) in [6.07, 6.45) is 0. The zero-order valence-corrected chi connectivity index (χ0v) is 11.7. The van der Waals surface area contributed by atoms with Crippen molar-refractivity contribution in [3.05, 3.63) is 58.8 Å². The number of benzene rings is 2. The highest BCUT2D eigenvalue weighted by atomic mass is 16.5. The van der Waals surface area contributed by atoms with Crippen LogP contribution in [-0.4, -0.2) is 11.8 Å². The van der Waals surface area contributed by atoms with Gasteiger partial charge in [0, 0.05) is 16.6 Å². The summed E-state index contributed by atoms with van der Waals surface area (Å²) >= 11 is 0. The first-order valence-corrected chi connectivity index (χ1v) is 6.49. The van der Waals surface area contributed by atoms with Crippen molar-refractivity contribution in [3.8, 4) is 29.1 Å². The lowest BCUT2D eigenvalue weighted by molar-refractivity contribution is 0.415. The molecule has 0 N–H and O–H groups in total. The Kier molecular flexibility index (Phi) is 3.17. The Balaban J connectivity index is 2.21. The second kappa shape index (κ2) is 5.16. The van der Waals surface area contributed by atoms with Crippen molar-refractivity contribution in [1.29, 1.82) is 10.5 Å². The van der Waals surface area contributed by atoms with Gasteiger partial charge in [-0.25, -0.2) is 0 Å². The summed E-state index contributed by atoms with van der Waals surface area (Å²) < 4.78 is 5.87. The fourth-order valence-electron chi connectivity index (χ4n) is 2.38. The quantitative estimate of drug-likeness (QED) is 0.723. The SMILES string of the molecule is COc1ccc(-c2cc3cc(C#N)c(C#N)cc3n2[O-])cc1. The molecule has 0 unspecified atom stereocenters. The van der Waals surface area contributed by atoms with Gasteiger partial charge in [0.25, 0.3) is 0 Å². The Labute approximate surface area is 126 Å². The minimum Gasteiger partial charge on any atom is -0.805 e. The van der Waals surface area contributed by atoms with Gasteiger partial charge >= 0.3 is 0 Å². The van der Waals surface area contributed by atoms with Crippen molar-refractivity contribution in [2.45, 2.75) is 0 Å². The van der Waals surface area contributed by atoms with E-state index in [4.69, 9.17) is 15.3 Å². The van der Waals surface area contributed by atoms with Crippen molar-refractivity contribution >= 4 is 10.9 Å². The molecule has 3 rings (SSSR count). The molecule has 106 valence electrons. The van der Waals surface area contributed by atoms with E-state index in [2.05, 4.69) is 0 Å². The fourth-order valence-corrected chi connectivity index (χ4v) is 2.38.